The highest BCUT2D eigenvalue weighted by Crippen LogP contribution is 2.08. The maximum Gasteiger partial charge on any atom is 0.0762 e. The van der Waals surface area contributed by atoms with E-state index in [-0.39, 0.29) is 0 Å². The molecule has 0 bridgehead atoms. The van der Waals surface area contributed by atoms with Crippen molar-refractivity contribution in [2.45, 2.75) is 53.1 Å². The summed E-state index contributed by atoms with van der Waals surface area (Å²) >= 11 is 0. The van der Waals surface area contributed by atoms with Gasteiger partial charge < -0.3 is 10.2 Å². The Hall–Kier alpha value is -0.870. The summed E-state index contributed by atoms with van der Waals surface area (Å²) in [5.41, 5.74) is 1.14. The van der Waals surface area contributed by atoms with Crippen molar-refractivity contribution in [2.75, 3.05) is 26.2 Å². The molecule has 0 saturated heterocycles. The van der Waals surface area contributed by atoms with Crippen LogP contribution in [0.25, 0.3) is 0 Å². The van der Waals surface area contributed by atoms with Gasteiger partial charge in [-0.1, -0.05) is 20.8 Å². The second kappa shape index (κ2) is 9.10. The second-order valence-electron chi connectivity index (χ2n) is 5.10. The van der Waals surface area contributed by atoms with Crippen LogP contribution in [0.5, 0.6) is 0 Å². The Morgan fingerprint density at radius 3 is 2.68 bits per heavy atom. The van der Waals surface area contributed by atoms with E-state index in [9.17, 15) is 0 Å². The molecule has 0 spiro atoms. The number of rotatable bonds is 10. The number of aromatic nitrogens is 2. The van der Waals surface area contributed by atoms with Crippen molar-refractivity contribution in [1.82, 2.24) is 20.0 Å². The smallest absolute Gasteiger partial charge is 0.0762 e. The second-order valence-corrected chi connectivity index (χ2v) is 5.10. The van der Waals surface area contributed by atoms with Crippen LogP contribution in [0.3, 0.4) is 0 Å². The van der Waals surface area contributed by atoms with Crippen molar-refractivity contribution in [2.24, 2.45) is 0 Å². The fourth-order valence-electron chi connectivity index (χ4n) is 2.09. The Labute approximate surface area is 118 Å². The highest BCUT2D eigenvalue weighted by molar-refractivity contribution is 4.99. The van der Waals surface area contributed by atoms with Gasteiger partial charge in [-0.15, -0.1) is 0 Å². The summed E-state index contributed by atoms with van der Waals surface area (Å²) in [5.74, 6) is 0. The molecule has 1 atom stereocenters. The van der Waals surface area contributed by atoms with Crippen molar-refractivity contribution in [1.29, 1.82) is 0 Å². The molecule has 1 aromatic rings. The van der Waals surface area contributed by atoms with Crippen molar-refractivity contribution in [3.05, 3.63) is 18.0 Å². The Morgan fingerprint density at radius 2 is 2.05 bits per heavy atom. The SMILES string of the molecule is CCC(C)n1ccc(CNCCCN(CC)CC)n1. The molecule has 4 nitrogen and oxygen atoms in total. The molecular formula is C15H30N4. The third-order valence-corrected chi connectivity index (χ3v) is 3.73. The molecule has 1 aromatic heterocycles. The zero-order valence-corrected chi connectivity index (χ0v) is 13.0. The zero-order valence-electron chi connectivity index (χ0n) is 13.0. The van der Waals surface area contributed by atoms with Gasteiger partial charge in [0.2, 0.25) is 0 Å². The van der Waals surface area contributed by atoms with Gasteiger partial charge in [0.1, 0.15) is 0 Å². The lowest BCUT2D eigenvalue weighted by atomic mass is 10.3. The molecule has 0 aliphatic rings. The van der Waals surface area contributed by atoms with Gasteiger partial charge in [-0.25, -0.2) is 0 Å². The van der Waals surface area contributed by atoms with Gasteiger partial charge in [-0.2, -0.15) is 5.10 Å². The first kappa shape index (κ1) is 16.2. The van der Waals surface area contributed by atoms with Gasteiger partial charge >= 0.3 is 0 Å². The maximum atomic E-state index is 4.59. The molecule has 1 unspecified atom stereocenters. The third-order valence-electron chi connectivity index (χ3n) is 3.73. The number of hydrogen-bond acceptors (Lipinski definition) is 3. The summed E-state index contributed by atoms with van der Waals surface area (Å²) in [6.07, 6.45) is 4.41. The van der Waals surface area contributed by atoms with Crippen LogP contribution in [0.15, 0.2) is 12.3 Å². The van der Waals surface area contributed by atoms with E-state index >= 15 is 0 Å². The Bertz CT molecular complexity index is 331. The third kappa shape index (κ3) is 5.74. The first-order valence-corrected chi connectivity index (χ1v) is 7.68. The van der Waals surface area contributed by atoms with Gasteiger partial charge in [0.25, 0.3) is 0 Å². The van der Waals surface area contributed by atoms with Crippen LogP contribution in [-0.2, 0) is 6.54 Å². The summed E-state index contributed by atoms with van der Waals surface area (Å²) in [5, 5.41) is 8.06. The van der Waals surface area contributed by atoms with Crippen LogP contribution in [0, 0.1) is 0 Å². The minimum Gasteiger partial charge on any atom is -0.311 e. The van der Waals surface area contributed by atoms with E-state index < -0.39 is 0 Å². The largest absolute Gasteiger partial charge is 0.311 e. The normalized spacial score (nSPS) is 13.1. The number of hydrogen-bond donors (Lipinski definition) is 1. The summed E-state index contributed by atoms with van der Waals surface area (Å²) < 4.78 is 2.06. The molecule has 1 heterocycles. The van der Waals surface area contributed by atoms with Crippen LogP contribution < -0.4 is 5.32 Å². The van der Waals surface area contributed by atoms with E-state index in [2.05, 4.69) is 60.0 Å². The first-order chi connectivity index (χ1) is 9.21. The molecule has 0 aromatic carbocycles. The van der Waals surface area contributed by atoms with Gasteiger partial charge in [0, 0.05) is 18.8 Å². The quantitative estimate of drug-likeness (QED) is 0.661. The standard InChI is InChI=1S/C15H30N4/c1-5-14(4)19-12-9-15(17-19)13-16-10-8-11-18(6-2)7-3/h9,12,14,16H,5-8,10-11,13H2,1-4H3. The lowest BCUT2D eigenvalue weighted by Gasteiger charge is -2.17. The van der Waals surface area contributed by atoms with Gasteiger partial charge in [-0.3, -0.25) is 4.68 Å². The fourth-order valence-corrected chi connectivity index (χ4v) is 2.09. The van der Waals surface area contributed by atoms with Gasteiger partial charge in [-0.05, 0) is 52.0 Å². The molecule has 0 aliphatic heterocycles. The van der Waals surface area contributed by atoms with Crippen molar-refractivity contribution < 1.29 is 0 Å². The highest BCUT2D eigenvalue weighted by Gasteiger charge is 2.04. The summed E-state index contributed by atoms with van der Waals surface area (Å²) in [6, 6.07) is 2.61. The van der Waals surface area contributed by atoms with Crippen LogP contribution in [0.4, 0.5) is 0 Å². The average Bonchev–Trinajstić information content (AvgIpc) is 2.91. The van der Waals surface area contributed by atoms with Crippen molar-refractivity contribution >= 4 is 0 Å². The molecule has 0 aliphatic carbocycles. The number of nitrogens with zero attached hydrogens (tertiary/aromatic N) is 3. The Balaban J connectivity index is 2.17. The zero-order chi connectivity index (χ0) is 14.1. The molecule has 0 radical (unpaired) electrons. The van der Waals surface area contributed by atoms with Gasteiger partial charge in [0.05, 0.1) is 5.69 Å². The minimum absolute atomic E-state index is 0.497. The van der Waals surface area contributed by atoms with Crippen molar-refractivity contribution in [3.63, 3.8) is 0 Å². The topological polar surface area (TPSA) is 33.1 Å². The van der Waals surface area contributed by atoms with Crippen LogP contribution in [-0.4, -0.2) is 40.9 Å². The first-order valence-electron chi connectivity index (χ1n) is 7.68. The van der Waals surface area contributed by atoms with E-state index in [4.69, 9.17) is 0 Å². The molecular weight excluding hydrogens is 236 g/mol. The van der Waals surface area contributed by atoms with E-state index in [1.54, 1.807) is 0 Å². The predicted octanol–water partition coefficient (Wildman–Crippen LogP) is 2.68. The Kier molecular flexibility index (Phi) is 7.75. The monoisotopic (exact) mass is 266 g/mol. The summed E-state index contributed by atoms with van der Waals surface area (Å²) in [7, 11) is 0. The molecule has 0 saturated carbocycles. The predicted molar refractivity (Wildman–Crippen MR) is 81.3 cm³/mol. The van der Waals surface area contributed by atoms with E-state index in [0.717, 1.165) is 38.3 Å². The highest BCUT2D eigenvalue weighted by atomic mass is 15.3. The molecule has 0 amide bonds. The molecule has 4 heteroatoms. The lowest BCUT2D eigenvalue weighted by molar-refractivity contribution is 0.298. The number of nitrogens with one attached hydrogen (secondary N) is 1. The minimum atomic E-state index is 0.497. The molecule has 110 valence electrons. The fraction of sp³-hybridized carbons (Fsp3) is 0.800. The van der Waals surface area contributed by atoms with Gasteiger partial charge in [0.15, 0.2) is 0 Å². The van der Waals surface area contributed by atoms with E-state index in [1.165, 1.54) is 13.0 Å². The summed E-state index contributed by atoms with van der Waals surface area (Å²) in [4.78, 5) is 2.46. The molecule has 19 heavy (non-hydrogen) atoms. The van der Waals surface area contributed by atoms with Crippen molar-refractivity contribution in [3.8, 4) is 0 Å². The average molecular weight is 266 g/mol. The van der Waals surface area contributed by atoms with Crippen LogP contribution in [0.2, 0.25) is 0 Å². The lowest BCUT2D eigenvalue weighted by Crippen LogP contribution is -2.27. The van der Waals surface area contributed by atoms with E-state index in [0.29, 0.717) is 6.04 Å². The molecule has 0 fully saturated rings. The molecule has 1 N–H and O–H groups in total. The Morgan fingerprint density at radius 1 is 1.32 bits per heavy atom. The van der Waals surface area contributed by atoms with Crippen LogP contribution in [0.1, 0.15) is 52.3 Å². The van der Waals surface area contributed by atoms with Crippen LogP contribution >= 0.6 is 0 Å². The maximum absolute atomic E-state index is 4.59. The summed E-state index contributed by atoms with van der Waals surface area (Å²) in [6.45, 7) is 14.3. The van der Waals surface area contributed by atoms with E-state index in [1.807, 2.05) is 0 Å². The molecule has 1 rings (SSSR count).